The van der Waals surface area contributed by atoms with Crippen LogP contribution in [0.25, 0.3) is 0 Å². The number of rotatable bonds is 8. The predicted molar refractivity (Wildman–Crippen MR) is 132 cm³/mol. The van der Waals surface area contributed by atoms with Gasteiger partial charge in [0.25, 0.3) is 5.91 Å². The summed E-state index contributed by atoms with van der Waals surface area (Å²) in [7, 11) is 1.64. The third kappa shape index (κ3) is 6.35. The normalized spacial score (nSPS) is 16.2. The third-order valence-electron chi connectivity index (χ3n) is 5.89. The molecule has 0 spiro atoms. The molecule has 0 aliphatic carbocycles. The number of nitrogens with one attached hydrogen (secondary N) is 3. The lowest BCUT2D eigenvalue weighted by atomic mass is 10.0. The number of nitrogens with zero attached hydrogens (tertiary/aromatic N) is 1. The minimum absolute atomic E-state index is 0. The van der Waals surface area contributed by atoms with Gasteiger partial charge >= 0.3 is 0 Å². The largest absolute Gasteiger partial charge is 0.343 e. The Morgan fingerprint density at radius 3 is 2.26 bits per heavy atom. The lowest BCUT2D eigenvalue weighted by molar-refractivity contribution is -0.142. The number of fused-ring (bicyclic) bond motifs is 1. The van der Waals surface area contributed by atoms with E-state index in [2.05, 4.69) is 16.0 Å². The van der Waals surface area contributed by atoms with E-state index in [9.17, 15) is 23.2 Å². The lowest BCUT2D eigenvalue weighted by Crippen LogP contribution is -2.53. The molecule has 2 aromatic carbocycles. The van der Waals surface area contributed by atoms with Crippen molar-refractivity contribution in [2.24, 2.45) is 5.92 Å². The molecule has 0 aromatic heterocycles. The molecular weight excluding hydrogens is 478 g/mol. The number of halogens is 3. The summed E-state index contributed by atoms with van der Waals surface area (Å²) >= 11 is 0. The summed E-state index contributed by atoms with van der Waals surface area (Å²) in [5, 5.41) is 7.94. The fourth-order valence-electron chi connectivity index (χ4n) is 4.01. The van der Waals surface area contributed by atoms with Crippen molar-refractivity contribution >= 4 is 35.8 Å². The maximum atomic E-state index is 14.2. The minimum Gasteiger partial charge on any atom is -0.343 e. The Morgan fingerprint density at radius 2 is 1.66 bits per heavy atom. The molecule has 2 unspecified atom stereocenters. The van der Waals surface area contributed by atoms with Gasteiger partial charge in [0.05, 0.1) is 6.04 Å². The summed E-state index contributed by atoms with van der Waals surface area (Å²) in [5.74, 6) is -3.25. The Labute approximate surface area is 210 Å². The fourth-order valence-corrected chi connectivity index (χ4v) is 4.01. The molecule has 3 N–H and O–H groups in total. The zero-order valence-electron chi connectivity index (χ0n) is 20.1. The van der Waals surface area contributed by atoms with Crippen molar-refractivity contribution in [1.29, 1.82) is 0 Å². The van der Waals surface area contributed by atoms with E-state index in [0.29, 0.717) is 12.0 Å². The van der Waals surface area contributed by atoms with Gasteiger partial charge in [0.1, 0.15) is 29.4 Å². The van der Waals surface area contributed by atoms with Gasteiger partial charge < -0.3 is 20.9 Å². The van der Waals surface area contributed by atoms with Gasteiger partial charge in [0.15, 0.2) is 0 Å². The number of benzene rings is 2. The SMILES string of the molecule is CNC(C)C(=O)NC(CC(C)C)C(=O)N1Cc2ccccc2[C@H]1C(=O)Nc1c(F)cccc1F.Cl. The Balaban J connectivity index is 0.00000432. The van der Waals surface area contributed by atoms with E-state index in [0.717, 1.165) is 17.7 Å². The number of hydrogen-bond acceptors (Lipinski definition) is 4. The number of carbonyl (C=O) groups is 3. The minimum atomic E-state index is -1.10. The molecule has 0 saturated heterocycles. The molecule has 1 heterocycles. The maximum Gasteiger partial charge on any atom is 0.252 e. The first-order valence-corrected chi connectivity index (χ1v) is 11.2. The topological polar surface area (TPSA) is 90.5 Å². The van der Waals surface area contributed by atoms with Crippen LogP contribution in [0.1, 0.15) is 44.4 Å². The lowest BCUT2D eigenvalue weighted by Gasteiger charge is -2.30. The van der Waals surface area contributed by atoms with Gasteiger partial charge in [0.2, 0.25) is 11.8 Å². The quantitative estimate of drug-likeness (QED) is 0.508. The van der Waals surface area contributed by atoms with Crippen molar-refractivity contribution in [3.8, 4) is 0 Å². The highest BCUT2D eigenvalue weighted by molar-refractivity contribution is 6.00. The first kappa shape index (κ1) is 28.2. The van der Waals surface area contributed by atoms with Crippen LogP contribution in [0.5, 0.6) is 0 Å². The van der Waals surface area contributed by atoms with Crippen molar-refractivity contribution in [2.75, 3.05) is 12.4 Å². The number of anilines is 1. The molecule has 3 amide bonds. The number of para-hydroxylation sites is 1. The first-order valence-electron chi connectivity index (χ1n) is 11.2. The highest BCUT2D eigenvalue weighted by atomic mass is 35.5. The summed E-state index contributed by atoms with van der Waals surface area (Å²) in [6.45, 7) is 5.67. The Bertz CT molecular complexity index is 1060. The van der Waals surface area contributed by atoms with E-state index in [4.69, 9.17) is 0 Å². The average Bonchev–Trinajstić information content (AvgIpc) is 3.19. The van der Waals surface area contributed by atoms with Crippen molar-refractivity contribution in [2.45, 2.75) is 51.9 Å². The average molecular weight is 509 g/mol. The molecule has 3 atom stereocenters. The highest BCUT2D eigenvalue weighted by Crippen LogP contribution is 2.36. The molecule has 190 valence electrons. The first-order chi connectivity index (χ1) is 16.1. The van der Waals surface area contributed by atoms with Crippen molar-refractivity contribution in [3.05, 3.63) is 65.2 Å². The molecule has 1 aliphatic rings. The monoisotopic (exact) mass is 508 g/mol. The van der Waals surface area contributed by atoms with Crippen LogP contribution >= 0.6 is 12.4 Å². The van der Waals surface area contributed by atoms with E-state index in [-0.39, 0.29) is 30.8 Å². The second-order valence-electron chi connectivity index (χ2n) is 8.85. The second kappa shape index (κ2) is 12.1. The van der Waals surface area contributed by atoms with Crippen molar-refractivity contribution < 1.29 is 23.2 Å². The van der Waals surface area contributed by atoms with Crippen LogP contribution in [-0.4, -0.2) is 41.8 Å². The van der Waals surface area contributed by atoms with Crippen LogP contribution in [0.15, 0.2) is 42.5 Å². The molecule has 10 heteroatoms. The van der Waals surface area contributed by atoms with E-state index < -0.39 is 47.3 Å². The Kier molecular flexibility index (Phi) is 9.73. The van der Waals surface area contributed by atoms with Gasteiger partial charge in [-0.05, 0) is 49.6 Å². The van der Waals surface area contributed by atoms with Gasteiger partial charge in [-0.15, -0.1) is 12.4 Å². The number of likely N-dealkylation sites (N-methyl/N-ethyl adjacent to an activating group) is 1. The van der Waals surface area contributed by atoms with Crippen LogP contribution < -0.4 is 16.0 Å². The number of amides is 3. The Morgan fingerprint density at radius 1 is 1.03 bits per heavy atom. The van der Waals surface area contributed by atoms with Crippen LogP contribution in [0, 0.1) is 17.6 Å². The molecule has 2 aromatic rings. The summed E-state index contributed by atoms with van der Waals surface area (Å²) in [5.41, 5.74) is 0.755. The van der Waals surface area contributed by atoms with E-state index in [1.54, 1.807) is 38.2 Å². The molecule has 1 aliphatic heterocycles. The molecule has 0 saturated carbocycles. The van der Waals surface area contributed by atoms with Crippen LogP contribution in [0.3, 0.4) is 0 Å². The second-order valence-corrected chi connectivity index (χ2v) is 8.85. The predicted octanol–water partition coefficient (Wildman–Crippen LogP) is 3.55. The summed E-state index contributed by atoms with van der Waals surface area (Å²) in [4.78, 5) is 40.8. The number of carbonyl (C=O) groups excluding carboxylic acids is 3. The highest BCUT2D eigenvalue weighted by Gasteiger charge is 2.41. The summed E-state index contributed by atoms with van der Waals surface area (Å²) in [6.07, 6.45) is 0.365. The molecule has 35 heavy (non-hydrogen) atoms. The van der Waals surface area contributed by atoms with Gasteiger partial charge in [-0.25, -0.2) is 8.78 Å². The maximum absolute atomic E-state index is 14.2. The van der Waals surface area contributed by atoms with E-state index in [1.807, 2.05) is 13.8 Å². The van der Waals surface area contributed by atoms with Gasteiger partial charge in [-0.2, -0.15) is 0 Å². The van der Waals surface area contributed by atoms with Crippen LogP contribution in [-0.2, 0) is 20.9 Å². The van der Waals surface area contributed by atoms with E-state index >= 15 is 0 Å². The standard InChI is InChI=1S/C25H30F2N4O3.ClH/c1-14(2)12-20(29-23(32)15(3)28-4)25(34)31-13-16-8-5-6-9-17(16)22(31)24(33)30-21-18(26)10-7-11-19(21)27;/h5-11,14-15,20,22,28H,12-13H2,1-4H3,(H,29,32)(H,30,33);1H/t15?,20?,22-;/m0./s1. The Hall–Kier alpha value is -3.04. The van der Waals surface area contributed by atoms with Gasteiger partial charge in [-0.1, -0.05) is 44.2 Å². The third-order valence-corrected chi connectivity index (χ3v) is 5.89. The van der Waals surface area contributed by atoms with Crippen molar-refractivity contribution in [1.82, 2.24) is 15.5 Å². The molecule has 0 bridgehead atoms. The molecule has 0 fully saturated rings. The summed E-state index contributed by atoms with van der Waals surface area (Å²) < 4.78 is 28.4. The number of hydrogen-bond donors (Lipinski definition) is 3. The smallest absolute Gasteiger partial charge is 0.252 e. The molecule has 7 nitrogen and oxygen atoms in total. The molecule has 3 rings (SSSR count). The van der Waals surface area contributed by atoms with Gasteiger partial charge in [0, 0.05) is 6.54 Å². The van der Waals surface area contributed by atoms with Crippen LogP contribution in [0.4, 0.5) is 14.5 Å². The fraction of sp³-hybridized carbons (Fsp3) is 0.400. The van der Waals surface area contributed by atoms with Crippen LogP contribution in [0.2, 0.25) is 0 Å². The molecule has 0 radical (unpaired) electrons. The van der Waals surface area contributed by atoms with Gasteiger partial charge in [-0.3, -0.25) is 14.4 Å². The zero-order valence-corrected chi connectivity index (χ0v) is 20.9. The zero-order chi connectivity index (χ0) is 25.0. The molecular formula is C25H31ClF2N4O3. The van der Waals surface area contributed by atoms with E-state index in [1.165, 1.54) is 11.0 Å². The van der Waals surface area contributed by atoms with Crippen molar-refractivity contribution in [3.63, 3.8) is 0 Å². The summed E-state index contributed by atoms with van der Waals surface area (Å²) in [6, 6.07) is 7.85.